The predicted octanol–water partition coefficient (Wildman–Crippen LogP) is 4.33. The molecule has 1 aromatic carbocycles. The summed E-state index contributed by atoms with van der Waals surface area (Å²) in [5.41, 5.74) is 1.52. The van der Waals surface area contributed by atoms with Gasteiger partial charge in [-0.1, -0.05) is 23.7 Å². The number of nitrogens with one attached hydrogen (secondary N) is 1. The van der Waals surface area contributed by atoms with Gasteiger partial charge in [-0.15, -0.1) is 11.3 Å². The number of nitro benzene ring substituents is 1. The van der Waals surface area contributed by atoms with E-state index in [4.69, 9.17) is 11.6 Å². The van der Waals surface area contributed by atoms with E-state index >= 15 is 0 Å². The number of hydrogen-bond donors (Lipinski definition) is 1. The average Bonchev–Trinajstić information content (AvgIpc) is 3.03. The summed E-state index contributed by atoms with van der Waals surface area (Å²) in [6.07, 6.45) is 1.49. The molecule has 0 unspecified atom stereocenters. The van der Waals surface area contributed by atoms with Crippen molar-refractivity contribution in [1.82, 2.24) is 4.98 Å². The molecule has 0 aliphatic heterocycles. The second-order valence-corrected chi connectivity index (χ2v) is 5.81. The molecule has 106 valence electrons. The van der Waals surface area contributed by atoms with E-state index < -0.39 is 4.92 Å². The van der Waals surface area contributed by atoms with E-state index in [1.54, 1.807) is 12.1 Å². The maximum atomic E-state index is 12.6. The van der Waals surface area contributed by atoms with Crippen LogP contribution in [0.5, 0.6) is 0 Å². The van der Waals surface area contributed by atoms with Gasteiger partial charge in [0.15, 0.2) is 0 Å². The van der Waals surface area contributed by atoms with Crippen molar-refractivity contribution in [2.45, 2.75) is 6.92 Å². The SMILES string of the molecule is Cc1csc(C(=O)c2c[nH]c3c([N+](=O)[O-])cccc23)c1Cl. The van der Waals surface area contributed by atoms with Gasteiger partial charge in [0.05, 0.1) is 14.8 Å². The molecule has 3 rings (SSSR count). The number of nitrogens with zero attached hydrogens (tertiary/aromatic N) is 1. The molecule has 2 heterocycles. The fraction of sp³-hybridized carbons (Fsp3) is 0.0714. The van der Waals surface area contributed by atoms with Crippen LogP contribution in [0.3, 0.4) is 0 Å². The van der Waals surface area contributed by atoms with Gasteiger partial charge in [-0.25, -0.2) is 0 Å². The lowest BCUT2D eigenvalue weighted by Gasteiger charge is -1.98. The number of thiophene rings is 1. The predicted molar refractivity (Wildman–Crippen MR) is 82.5 cm³/mol. The molecular formula is C14H9ClN2O3S. The summed E-state index contributed by atoms with van der Waals surface area (Å²) in [6.45, 7) is 1.83. The first-order valence-electron chi connectivity index (χ1n) is 6.03. The van der Waals surface area contributed by atoms with Gasteiger partial charge in [0.2, 0.25) is 5.78 Å². The zero-order valence-electron chi connectivity index (χ0n) is 10.8. The number of para-hydroxylation sites is 1. The number of H-pyrrole nitrogens is 1. The standard InChI is InChI=1S/C14H9ClN2O3S/c1-7-6-21-14(11(7)15)13(18)9-5-16-12-8(9)3-2-4-10(12)17(19)20/h2-6,16H,1H3. The highest BCUT2D eigenvalue weighted by atomic mass is 35.5. The number of rotatable bonds is 3. The van der Waals surface area contributed by atoms with Gasteiger partial charge in [0.1, 0.15) is 5.52 Å². The lowest BCUT2D eigenvalue weighted by atomic mass is 10.1. The summed E-state index contributed by atoms with van der Waals surface area (Å²) in [5, 5.41) is 13.8. The van der Waals surface area contributed by atoms with E-state index in [1.165, 1.54) is 23.6 Å². The van der Waals surface area contributed by atoms with Crippen LogP contribution in [-0.2, 0) is 0 Å². The number of aromatic amines is 1. The van der Waals surface area contributed by atoms with Gasteiger partial charge in [-0.2, -0.15) is 0 Å². The third kappa shape index (κ3) is 2.12. The van der Waals surface area contributed by atoms with Gasteiger partial charge in [0, 0.05) is 23.2 Å². The average molecular weight is 321 g/mol. The zero-order chi connectivity index (χ0) is 15.1. The normalized spacial score (nSPS) is 11.0. The minimum atomic E-state index is -0.477. The molecule has 0 amide bonds. The summed E-state index contributed by atoms with van der Waals surface area (Å²) in [4.78, 5) is 26.4. The Hall–Kier alpha value is -2.18. The quantitative estimate of drug-likeness (QED) is 0.443. The summed E-state index contributed by atoms with van der Waals surface area (Å²) in [7, 11) is 0. The van der Waals surface area contributed by atoms with E-state index in [-0.39, 0.29) is 11.5 Å². The van der Waals surface area contributed by atoms with Crippen LogP contribution < -0.4 is 0 Å². The van der Waals surface area contributed by atoms with Crippen LogP contribution in [0.1, 0.15) is 20.8 Å². The highest BCUT2D eigenvalue weighted by Crippen LogP contribution is 2.33. The number of aromatic nitrogens is 1. The van der Waals surface area contributed by atoms with Gasteiger partial charge in [-0.05, 0) is 17.9 Å². The smallest absolute Gasteiger partial charge is 0.293 e. The molecule has 2 aromatic heterocycles. The Labute approximate surface area is 128 Å². The number of halogens is 1. The highest BCUT2D eigenvalue weighted by Gasteiger charge is 2.22. The molecule has 0 spiro atoms. The molecule has 0 saturated heterocycles. The molecule has 3 aromatic rings. The van der Waals surface area contributed by atoms with Crippen LogP contribution in [-0.4, -0.2) is 15.7 Å². The number of hydrogen-bond acceptors (Lipinski definition) is 4. The topological polar surface area (TPSA) is 76.0 Å². The van der Waals surface area contributed by atoms with Crippen molar-refractivity contribution < 1.29 is 9.72 Å². The Morgan fingerprint density at radius 2 is 2.19 bits per heavy atom. The molecule has 0 radical (unpaired) electrons. The van der Waals surface area contributed by atoms with Gasteiger partial charge >= 0.3 is 0 Å². The van der Waals surface area contributed by atoms with Crippen molar-refractivity contribution >= 4 is 45.3 Å². The van der Waals surface area contributed by atoms with Crippen LogP contribution in [0.25, 0.3) is 10.9 Å². The second-order valence-electron chi connectivity index (χ2n) is 4.55. The van der Waals surface area contributed by atoms with Gasteiger partial charge in [0.25, 0.3) is 5.69 Å². The third-order valence-corrected chi connectivity index (χ3v) is 4.94. The largest absolute Gasteiger partial charge is 0.355 e. The Morgan fingerprint density at radius 3 is 2.81 bits per heavy atom. The first kappa shape index (κ1) is 13.8. The monoisotopic (exact) mass is 320 g/mol. The highest BCUT2D eigenvalue weighted by molar-refractivity contribution is 7.13. The Bertz CT molecular complexity index is 882. The molecular weight excluding hydrogens is 312 g/mol. The summed E-state index contributed by atoms with van der Waals surface area (Å²) < 4.78 is 0. The lowest BCUT2D eigenvalue weighted by Crippen LogP contribution is -1.98. The van der Waals surface area contributed by atoms with Crippen LogP contribution in [0.15, 0.2) is 29.8 Å². The van der Waals surface area contributed by atoms with Crippen LogP contribution >= 0.6 is 22.9 Å². The third-order valence-electron chi connectivity index (χ3n) is 3.24. The summed E-state index contributed by atoms with van der Waals surface area (Å²) in [6, 6.07) is 4.64. The minimum absolute atomic E-state index is 0.0555. The Kier molecular flexibility index (Phi) is 3.27. The number of ketones is 1. The molecule has 0 saturated carbocycles. The van der Waals surface area contributed by atoms with Crippen molar-refractivity contribution in [3.8, 4) is 0 Å². The maximum Gasteiger partial charge on any atom is 0.293 e. The number of nitro groups is 1. The van der Waals surface area contributed by atoms with Gasteiger partial charge < -0.3 is 4.98 Å². The second kappa shape index (κ2) is 4.98. The number of aryl methyl sites for hydroxylation is 1. The molecule has 5 nitrogen and oxygen atoms in total. The van der Waals surface area contributed by atoms with Crippen molar-refractivity contribution in [2.75, 3.05) is 0 Å². The fourth-order valence-electron chi connectivity index (χ4n) is 2.18. The van der Waals surface area contributed by atoms with Crippen LogP contribution in [0.4, 0.5) is 5.69 Å². The first-order valence-corrected chi connectivity index (χ1v) is 7.29. The van der Waals surface area contributed by atoms with Crippen molar-refractivity contribution in [3.63, 3.8) is 0 Å². The summed E-state index contributed by atoms with van der Waals surface area (Å²) in [5.74, 6) is -0.232. The Morgan fingerprint density at radius 1 is 1.43 bits per heavy atom. The van der Waals surface area contributed by atoms with Crippen molar-refractivity contribution in [1.29, 1.82) is 0 Å². The van der Waals surface area contributed by atoms with E-state index in [0.29, 0.717) is 26.4 Å². The lowest BCUT2D eigenvalue weighted by molar-refractivity contribution is -0.383. The Balaban J connectivity index is 2.18. The maximum absolute atomic E-state index is 12.6. The number of benzene rings is 1. The molecule has 0 atom stereocenters. The fourth-order valence-corrected chi connectivity index (χ4v) is 3.42. The number of non-ortho nitro benzene ring substituents is 1. The van der Waals surface area contributed by atoms with E-state index in [1.807, 2.05) is 12.3 Å². The van der Waals surface area contributed by atoms with E-state index in [0.717, 1.165) is 5.56 Å². The molecule has 21 heavy (non-hydrogen) atoms. The van der Waals surface area contributed by atoms with Crippen LogP contribution in [0.2, 0.25) is 5.02 Å². The van der Waals surface area contributed by atoms with Gasteiger partial charge in [-0.3, -0.25) is 14.9 Å². The minimum Gasteiger partial charge on any atom is -0.355 e. The van der Waals surface area contributed by atoms with E-state index in [9.17, 15) is 14.9 Å². The molecule has 0 fully saturated rings. The first-order chi connectivity index (χ1) is 10.0. The summed E-state index contributed by atoms with van der Waals surface area (Å²) >= 11 is 7.40. The number of fused-ring (bicyclic) bond motifs is 1. The molecule has 0 aliphatic rings. The number of carbonyl (C=O) groups is 1. The molecule has 7 heteroatoms. The van der Waals surface area contributed by atoms with Crippen LogP contribution in [0, 0.1) is 17.0 Å². The molecule has 0 aliphatic carbocycles. The van der Waals surface area contributed by atoms with E-state index in [2.05, 4.69) is 4.98 Å². The molecule has 0 bridgehead atoms. The molecule has 1 N–H and O–H groups in total. The van der Waals surface area contributed by atoms with Crippen molar-refractivity contribution in [3.05, 3.63) is 60.9 Å². The number of carbonyl (C=O) groups excluding carboxylic acids is 1. The van der Waals surface area contributed by atoms with Crippen molar-refractivity contribution in [2.24, 2.45) is 0 Å². The zero-order valence-corrected chi connectivity index (χ0v) is 12.4.